The van der Waals surface area contributed by atoms with E-state index in [2.05, 4.69) is 5.09 Å². The lowest BCUT2D eigenvalue weighted by Gasteiger charge is -2.28. The van der Waals surface area contributed by atoms with Crippen LogP contribution in [0, 0.1) is 0 Å². The number of para-hydroxylation sites is 1. The van der Waals surface area contributed by atoms with Gasteiger partial charge in [-0.3, -0.25) is 28.5 Å². The van der Waals surface area contributed by atoms with Crippen LogP contribution in [0.5, 0.6) is 5.75 Å². The second-order valence-corrected chi connectivity index (χ2v) is 11.0. The fourth-order valence-corrected chi connectivity index (χ4v) is 5.33. The van der Waals surface area contributed by atoms with Crippen molar-refractivity contribution in [3.63, 3.8) is 0 Å². The number of benzene rings is 1. The molecule has 15 heteroatoms. The van der Waals surface area contributed by atoms with Crippen LogP contribution < -0.4 is 20.9 Å². The SMILES string of the molecule is CC(=O)OC1[C@@H](COP(=O)(N[C@@H](C)C(=O)OC(C)C)Oc2ccccc2)O[C@@H](n2ccc(=O)[nH]c2=O)[C@@]1(C)F. The lowest BCUT2D eigenvalue weighted by molar-refractivity contribution is -0.155. The number of carbonyl (C=O) groups is 2. The van der Waals surface area contributed by atoms with Crippen LogP contribution in [-0.4, -0.2) is 58.1 Å². The van der Waals surface area contributed by atoms with Gasteiger partial charge in [0.1, 0.15) is 17.9 Å². The van der Waals surface area contributed by atoms with Gasteiger partial charge in [-0.1, -0.05) is 18.2 Å². The molecule has 0 spiro atoms. The van der Waals surface area contributed by atoms with Gasteiger partial charge < -0.3 is 18.7 Å². The predicted octanol–water partition coefficient (Wildman–Crippen LogP) is 2.23. The molecule has 13 nitrogen and oxygen atoms in total. The Bertz CT molecular complexity index is 1330. The molecule has 1 aliphatic heterocycles. The molecule has 39 heavy (non-hydrogen) atoms. The molecule has 214 valence electrons. The Morgan fingerprint density at radius 1 is 1.21 bits per heavy atom. The number of nitrogens with one attached hydrogen (secondary N) is 2. The lowest BCUT2D eigenvalue weighted by atomic mass is 9.98. The summed E-state index contributed by atoms with van der Waals surface area (Å²) in [5.74, 6) is -1.44. The average molecular weight is 571 g/mol. The first kappa shape index (κ1) is 30.2. The van der Waals surface area contributed by atoms with Gasteiger partial charge in [-0.05, 0) is 39.8 Å². The molecule has 1 aromatic carbocycles. The number of esters is 2. The summed E-state index contributed by atoms with van der Waals surface area (Å²) in [4.78, 5) is 50.0. The first-order chi connectivity index (χ1) is 18.2. The van der Waals surface area contributed by atoms with Crippen LogP contribution in [0.15, 0.2) is 52.2 Å². The molecule has 1 aliphatic rings. The number of hydrogen-bond donors (Lipinski definition) is 2. The molecule has 3 rings (SSSR count). The third-order valence-corrected chi connectivity index (χ3v) is 7.16. The Morgan fingerprint density at radius 3 is 2.46 bits per heavy atom. The maximum Gasteiger partial charge on any atom is 0.459 e. The molecule has 0 amide bonds. The van der Waals surface area contributed by atoms with Crippen molar-refractivity contribution in [2.24, 2.45) is 0 Å². The molecule has 2 aromatic rings. The number of nitrogens with zero attached hydrogens (tertiary/aromatic N) is 1. The van der Waals surface area contributed by atoms with E-state index in [1.165, 1.54) is 19.1 Å². The van der Waals surface area contributed by atoms with Crippen molar-refractivity contribution in [3.8, 4) is 5.75 Å². The van der Waals surface area contributed by atoms with E-state index in [4.69, 9.17) is 23.3 Å². The summed E-state index contributed by atoms with van der Waals surface area (Å²) in [5, 5.41) is 2.49. The van der Waals surface area contributed by atoms with Gasteiger partial charge in [0.2, 0.25) is 0 Å². The van der Waals surface area contributed by atoms with Gasteiger partial charge in [0.05, 0.1) is 12.7 Å². The molecule has 0 saturated carbocycles. The minimum Gasteiger partial charge on any atom is -0.462 e. The first-order valence-electron chi connectivity index (χ1n) is 12.0. The fraction of sp³-hybridized carbons (Fsp3) is 0.500. The van der Waals surface area contributed by atoms with Crippen molar-refractivity contribution in [2.45, 2.75) is 70.9 Å². The zero-order valence-corrected chi connectivity index (χ0v) is 22.9. The number of carbonyl (C=O) groups excluding carboxylic acids is 2. The van der Waals surface area contributed by atoms with Crippen LogP contribution in [-0.2, 0) is 32.9 Å². The van der Waals surface area contributed by atoms with Crippen molar-refractivity contribution >= 4 is 19.7 Å². The van der Waals surface area contributed by atoms with E-state index < -0.39 is 73.8 Å². The molecule has 2 heterocycles. The number of ether oxygens (including phenoxy) is 3. The molecule has 0 radical (unpaired) electrons. The third-order valence-electron chi connectivity index (χ3n) is 5.51. The molecular weight excluding hydrogens is 540 g/mol. The van der Waals surface area contributed by atoms with Crippen LogP contribution in [0.2, 0.25) is 0 Å². The van der Waals surface area contributed by atoms with E-state index in [0.717, 1.165) is 30.7 Å². The summed E-state index contributed by atoms with van der Waals surface area (Å²) in [6, 6.07) is 7.79. The third kappa shape index (κ3) is 7.63. The minimum absolute atomic E-state index is 0.134. The Balaban J connectivity index is 1.89. The van der Waals surface area contributed by atoms with Crippen molar-refractivity contribution < 1.29 is 41.8 Å². The van der Waals surface area contributed by atoms with Crippen LogP contribution in [0.3, 0.4) is 0 Å². The second kappa shape index (κ2) is 12.2. The smallest absolute Gasteiger partial charge is 0.459 e. The van der Waals surface area contributed by atoms with Gasteiger partial charge in [-0.25, -0.2) is 13.8 Å². The molecule has 1 aromatic heterocycles. The lowest BCUT2D eigenvalue weighted by Crippen LogP contribution is -2.46. The number of aromatic nitrogens is 2. The Labute approximate surface area is 223 Å². The molecule has 2 unspecified atom stereocenters. The van der Waals surface area contributed by atoms with Gasteiger partial charge in [-0.15, -0.1) is 0 Å². The summed E-state index contributed by atoms with van der Waals surface area (Å²) >= 11 is 0. The molecule has 0 bridgehead atoms. The van der Waals surface area contributed by atoms with E-state index in [-0.39, 0.29) is 5.75 Å². The molecule has 2 N–H and O–H groups in total. The highest BCUT2D eigenvalue weighted by atomic mass is 31.2. The zero-order chi connectivity index (χ0) is 29.0. The zero-order valence-electron chi connectivity index (χ0n) is 22.0. The quantitative estimate of drug-likeness (QED) is 0.300. The van der Waals surface area contributed by atoms with E-state index in [1.807, 2.05) is 4.98 Å². The van der Waals surface area contributed by atoms with E-state index >= 15 is 4.39 Å². The topological polar surface area (TPSA) is 164 Å². The molecule has 1 fully saturated rings. The average Bonchev–Trinajstić information content (AvgIpc) is 3.07. The summed E-state index contributed by atoms with van der Waals surface area (Å²) in [6.07, 6.45) is -4.07. The minimum atomic E-state index is -4.37. The summed E-state index contributed by atoms with van der Waals surface area (Å²) < 4.78 is 57.7. The van der Waals surface area contributed by atoms with Crippen molar-refractivity contribution in [1.29, 1.82) is 0 Å². The fourth-order valence-electron chi connectivity index (χ4n) is 3.83. The number of hydrogen-bond acceptors (Lipinski definition) is 10. The molecule has 0 aliphatic carbocycles. The normalized spacial score (nSPS) is 25.1. The predicted molar refractivity (Wildman–Crippen MR) is 135 cm³/mol. The standard InChI is InChI=1S/C24H31FN3O10P/c1-14(2)35-21(31)15(3)27-39(33,38-17-9-7-6-8-10-17)34-13-18-20(36-16(4)29)24(5,25)22(37-18)28-12-11-19(30)26-23(28)32/h6-12,14-15,18,20,22H,13H2,1-5H3,(H,27,33)(H,26,30,32)/t15-,18+,20?,22+,24-,39?/m0/s1. The van der Waals surface area contributed by atoms with E-state index in [1.54, 1.807) is 32.0 Å². The summed E-state index contributed by atoms with van der Waals surface area (Å²) in [7, 11) is -4.37. The number of H-pyrrole nitrogens is 1. The number of alkyl halides is 1. The Hall–Kier alpha value is -3.32. The molecular formula is C24H31FN3O10P. The summed E-state index contributed by atoms with van der Waals surface area (Å²) in [5.41, 5.74) is -4.16. The van der Waals surface area contributed by atoms with Gasteiger partial charge in [0.25, 0.3) is 5.56 Å². The Kier molecular flexibility index (Phi) is 9.49. The number of halogens is 1. The van der Waals surface area contributed by atoms with Crippen molar-refractivity contribution in [2.75, 3.05) is 6.61 Å². The molecule has 6 atom stereocenters. The highest BCUT2D eigenvalue weighted by Crippen LogP contribution is 2.48. The second-order valence-electron chi connectivity index (χ2n) is 9.26. The van der Waals surface area contributed by atoms with Crippen LogP contribution in [0.25, 0.3) is 0 Å². The van der Waals surface area contributed by atoms with Gasteiger partial charge in [0, 0.05) is 19.2 Å². The van der Waals surface area contributed by atoms with Crippen molar-refractivity contribution in [1.82, 2.24) is 14.6 Å². The first-order valence-corrected chi connectivity index (χ1v) is 13.6. The van der Waals surface area contributed by atoms with Crippen molar-refractivity contribution in [3.05, 3.63) is 63.4 Å². The molecule has 1 saturated heterocycles. The maximum atomic E-state index is 16.0. The largest absolute Gasteiger partial charge is 0.462 e. The van der Waals surface area contributed by atoms with Crippen LogP contribution in [0.4, 0.5) is 4.39 Å². The van der Waals surface area contributed by atoms with Gasteiger partial charge in [-0.2, -0.15) is 5.09 Å². The van der Waals surface area contributed by atoms with Gasteiger partial charge in [0.15, 0.2) is 18.0 Å². The van der Waals surface area contributed by atoms with E-state index in [9.17, 15) is 23.7 Å². The Morgan fingerprint density at radius 2 is 1.87 bits per heavy atom. The van der Waals surface area contributed by atoms with Crippen LogP contribution >= 0.6 is 7.75 Å². The van der Waals surface area contributed by atoms with Crippen LogP contribution in [0.1, 0.15) is 40.8 Å². The number of rotatable bonds is 11. The van der Waals surface area contributed by atoms with E-state index in [0.29, 0.717) is 0 Å². The highest BCUT2D eigenvalue weighted by molar-refractivity contribution is 7.52. The monoisotopic (exact) mass is 571 g/mol. The van der Waals surface area contributed by atoms with Gasteiger partial charge >= 0.3 is 25.4 Å². The highest BCUT2D eigenvalue weighted by Gasteiger charge is 2.58. The number of aromatic amines is 1. The maximum absolute atomic E-state index is 16.0. The summed E-state index contributed by atoms with van der Waals surface area (Å²) in [6.45, 7) is 6.12.